The first-order valence-corrected chi connectivity index (χ1v) is 3.52. The van der Waals surface area contributed by atoms with Crippen LogP contribution in [0.4, 0.5) is 0 Å². The second-order valence-corrected chi connectivity index (χ2v) is 2.06. The van der Waals surface area contributed by atoms with Crippen molar-refractivity contribution in [2.24, 2.45) is 5.73 Å². The molecule has 0 heterocycles. The molecule has 10 heavy (non-hydrogen) atoms. The molecule has 0 radical (unpaired) electrons. The molecule has 1 heteroatoms. The molecule has 2 N–H and O–H groups in total. The summed E-state index contributed by atoms with van der Waals surface area (Å²) >= 11 is 0. The summed E-state index contributed by atoms with van der Waals surface area (Å²) in [5.41, 5.74) is 6.27. The van der Waals surface area contributed by atoms with Crippen LogP contribution in [0.1, 0.15) is 13.3 Å². The lowest BCUT2D eigenvalue weighted by molar-refractivity contribution is 1.19. The van der Waals surface area contributed by atoms with E-state index in [-0.39, 0.29) is 0 Å². The molecule has 0 amide bonds. The molecule has 0 aliphatic carbocycles. The van der Waals surface area contributed by atoms with Crippen molar-refractivity contribution in [1.82, 2.24) is 0 Å². The smallest absolute Gasteiger partial charge is 0.0172 e. The third-order valence-electron chi connectivity index (χ3n) is 1.08. The summed E-state index contributed by atoms with van der Waals surface area (Å²) in [4.78, 5) is 0. The molecule has 0 fully saturated rings. The summed E-state index contributed by atoms with van der Waals surface area (Å²) in [6.07, 6.45) is 9.03. The molecule has 0 saturated heterocycles. The highest BCUT2D eigenvalue weighted by Gasteiger charge is 1.76. The molecule has 0 aromatic rings. The van der Waals surface area contributed by atoms with Crippen molar-refractivity contribution in [3.63, 3.8) is 0 Å². The van der Waals surface area contributed by atoms with Gasteiger partial charge in [0.2, 0.25) is 0 Å². The second kappa shape index (κ2) is 6.30. The number of nitrogens with two attached hydrogens (primary N) is 1. The van der Waals surface area contributed by atoms with Gasteiger partial charge in [0.1, 0.15) is 0 Å². The van der Waals surface area contributed by atoms with E-state index in [4.69, 9.17) is 5.73 Å². The Kier molecular flexibility index (Phi) is 5.79. The molecule has 0 atom stereocenters. The highest BCUT2D eigenvalue weighted by molar-refractivity contribution is 5.19. The van der Waals surface area contributed by atoms with Crippen molar-refractivity contribution in [1.29, 1.82) is 0 Å². The predicted octanol–water partition coefficient (Wildman–Crippen LogP) is 2.02. The van der Waals surface area contributed by atoms with Crippen molar-refractivity contribution >= 4 is 0 Å². The zero-order valence-electron chi connectivity index (χ0n) is 6.51. The molecule has 56 valence electrons. The minimum absolute atomic E-state index is 0.538. The fraction of sp³-hybridized carbons (Fsp3) is 0.333. The first-order chi connectivity index (χ1) is 4.81. The van der Waals surface area contributed by atoms with E-state index in [1.807, 2.05) is 18.2 Å². The summed E-state index contributed by atoms with van der Waals surface area (Å²) in [7, 11) is 0. The van der Waals surface area contributed by atoms with Crippen molar-refractivity contribution in [2.75, 3.05) is 6.54 Å². The van der Waals surface area contributed by atoms with Gasteiger partial charge in [0.15, 0.2) is 0 Å². The Bertz CT molecular complexity index is 143. The molecule has 0 aromatic heterocycles. The van der Waals surface area contributed by atoms with E-state index in [0.717, 1.165) is 12.0 Å². The predicted molar refractivity (Wildman–Crippen MR) is 46.8 cm³/mol. The first-order valence-electron chi connectivity index (χ1n) is 3.52. The maximum atomic E-state index is 5.31. The number of allylic oxidation sites excluding steroid dienone is 3. The number of hydrogen-bond acceptors (Lipinski definition) is 1. The van der Waals surface area contributed by atoms with Gasteiger partial charge in [0, 0.05) is 6.54 Å². The van der Waals surface area contributed by atoms with Crippen LogP contribution in [0.15, 0.2) is 36.5 Å². The minimum atomic E-state index is 0.538. The van der Waals surface area contributed by atoms with E-state index >= 15 is 0 Å². The molecule has 0 aliphatic rings. The van der Waals surface area contributed by atoms with Crippen LogP contribution < -0.4 is 5.73 Å². The Morgan fingerprint density at radius 2 is 2.20 bits per heavy atom. The summed E-state index contributed by atoms with van der Waals surface area (Å²) < 4.78 is 0. The van der Waals surface area contributed by atoms with Gasteiger partial charge in [-0.1, -0.05) is 37.8 Å². The van der Waals surface area contributed by atoms with Crippen molar-refractivity contribution < 1.29 is 0 Å². The number of rotatable bonds is 4. The Hall–Kier alpha value is -0.820. The molecule has 0 saturated carbocycles. The highest BCUT2D eigenvalue weighted by atomic mass is 14.5. The van der Waals surface area contributed by atoms with Gasteiger partial charge in [0.05, 0.1) is 0 Å². The van der Waals surface area contributed by atoms with Crippen LogP contribution in [0.25, 0.3) is 0 Å². The third kappa shape index (κ3) is 5.32. The van der Waals surface area contributed by atoms with Crippen LogP contribution in [0.5, 0.6) is 0 Å². The van der Waals surface area contributed by atoms with Gasteiger partial charge in [-0.2, -0.15) is 0 Å². The summed E-state index contributed by atoms with van der Waals surface area (Å²) in [6, 6.07) is 0. The van der Waals surface area contributed by atoms with Crippen LogP contribution in [0, 0.1) is 0 Å². The quantitative estimate of drug-likeness (QED) is 0.589. The van der Waals surface area contributed by atoms with E-state index in [1.54, 1.807) is 0 Å². The average Bonchev–Trinajstić information content (AvgIpc) is 1.98. The fourth-order valence-corrected chi connectivity index (χ4v) is 0.474. The maximum absolute atomic E-state index is 5.31. The Morgan fingerprint density at radius 3 is 2.70 bits per heavy atom. The number of hydrogen-bond donors (Lipinski definition) is 1. The standard InChI is InChI=1S/C9H15N/c1-3-4-5-6-7-9(2)8-10/h4-7H,2-3,8,10H2,1H3/b5-4-,7-6-. The van der Waals surface area contributed by atoms with Gasteiger partial charge in [-0.05, 0) is 12.0 Å². The third-order valence-corrected chi connectivity index (χ3v) is 1.08. The van der Waals surface area contributed by atoms with Crippen LogP contribution >= 0.6 is 0 Å². The molecule has 0 spiro atoms. The lowest BCUT2D eigenvalue weighted by Crippen LogP contribution is -1.98. The molecular formula is C9H15N. The van der Waals surface area contributed by atoms with Crippen LogP contribution in [0.2, 0.25) is 0 Å². The summed E-state index contributed by atoms with van der Waals surface area (Å²) in [6.45, 7) is 6.36. The molecule has 1 nitrogen and oxygen atoms in total. The van der Waals surface area contributed by atoms with E-state index in [1.165, 1.54) is 0 Å². The maximum Gasteiger partial charge on any atom is 0.0172 e. The highest BCUT2D eigenvalue weighted by Crippen LogP contribution is 1.89. The summed E-state index contributed by atoms with van der Waals surface area (Å²) in [5.74, 6) is 0. The van der Waals surface area contributed by atoms with Crippen LogP contribution in [-0.4, -0.2) is 6.54 Å². The molecule has 0 aromatic carbocycles. The fourth-order valence-electron chi connectivity index (χ4n) is 0.474. The molecule has 0 rings (SSSR count). The van der Waals surface area contributed by atoms with E-state index < -0.39 is 0 Å². The first kappa shape index (κ1) is 9.18. The SMILES string of the molecule is C=C(/C=C\C=C/CC)CN. The summed E-state index contributed by atoms with van der Waals surface area (Å²) in [5, 5.41) is 0. The zero-order valence-corrected chi connectivity index (χ0v) is 6.51. The van der Waals surface area contributed by atoms with Crippen LogP contribution in [0.3, 0.4) is 0 Å². The minimum Gasteiger partial charge on any atom is -0.327 e. The Balaban J connectivity index is 3.55. The van der Waals surface area contributed by atoms with Crippen LogP contribution in [-0.2, 0) is 0 Å². The largest absolute Gasteiger partial charge is 0.327 e. The lowest BCUT2D eigenvalue weighted by atomic mass is 10.2. The lowest BCUT2D eigenvalue weighted by Gasteiger charge is -1.87. The van der Waals surface area contributed by atoms with E-state index in [2.05, 4.69) is 19.6 Å². The molecule has 0 aliphatic heterocycles. The monoisotopic (exact) mass is 137 g/mol. The molecule has 0 bridgehead atoms. The van der Waals surface area contributed by atoms with Gasteiger partial charge in [-0.3, -0.25) is 0 Å². The van der Waals surface area contributed by atoms with Gasteiger partial charge in [-0.25, -0.2) is 0 Å². The topological polar surface area (TPSA) is 26.0 Å². The van der Waals surface area contributed by atoms with Gasteiger partial charge in [-0.15, -0.1) is 0 Å². The van der Waals surface area contributed by atoms with E-state index in [0.29, 0.717) is 6.54 Å². The van der Waals surface area contributed by atoms with Crippen molar-refractivity contribution in [3.05, 3.63) is 36.5 Å². The van der Waals surface area contributed by atoms with E-state index in [9.17, 15) is 0 Å². The molecular weight excluding hydrogens is 122 g/mol. The Morgan fingerprint density at radius 1 is 1.50 bits per heavy atom. The van der Waals surface area contributed by atoms with Crippen molar-refractivity contribution in [3.8, 4) is 0 Å². The second-order valence-electron chi connectivity index (χ2n) is 2.06. The normalized spacial score (nSPS) is 11.4. The van der Waals surface area contributed by atoms with Gasteiger partial charge in [0.25, 0.3) is 0 Å². The zero-order chi connectivity index (χ0) is 7.82. The molecule has 0 unspecified atom stereocenters. The average molecular weight is 137 g/mol. The Labute approximate surface area is 62.9 Å². The van der Waals surface area contributed by atoms with Gasteiger partial charge < -0.3 is 5.73 Å². The van der Waals surface area contributed by atoms with Gasteiger partial charge >= 0.3 is 0 Å². The van der Waals surface area contributed by atoms with Crippen molar-refractivity contribution in [2.45, 2.75) is 13.3 Å².